The Morgan fingerprint density at radius 2 is 1.68 bits per heavy atom. The van der Waals surface area contributed by atoms with Crippen molar-refractivity contribution in [3.8, 4) is 5.75 Å². The average Bonchev–Trinajstić information content (AvgIpc) is 3.42. The zero-order valence-corrected chi connectivity index (χ0v) is 24.6. The van der Waals surface area contributed by atoms with E-state index in [4.69, 9.17) is 15.2 Å². The van der Waals surface area contributed by atoms with Gasteiger partial charge in [-0.3, -0.25) is 0 Å². The second-order valence-corrected chi connectivity index (χ2v) is 13.6. The zero-order valence-electron chi connectivity index (χ0n) is 23.8. The minimum Gasteiger partial charge on any atom is -0.497 e. The molecule has 0 saturated heterocycles. The number of primary amides is 1. The summed E-state index contributed by atoms with van der Waals surface area (Å²) in [6.07, 6.45) is 3.12. The molecule has 0 aliphatic heterocycles. The van der Waals surface area contributed by atoms with Crippen LogP contribution in [0.15, 0.2) is 59.5 Å². The highest BCUT2D eigenvalue weighted by molar-refractivity contribution is 7.89. The van der Waals surface area contributed by atoms with Crippen LogP contribution in [-0.4, -0.2) is 55.8 Å². The number of carbonyl (C=O) groups excluding carboxylic acids is 1. The van der Waals surface area contributed by atoms with Crippen LogP contribution in [-0.2, 0) is 21.2 Å². The predicted octanol–water partition coefficient (Wildman–Crippen LogP) is 4.99. The number of methoxy groups -OCH3 is 1. The van der Waals surface area contributed by atoms with Crippen LogP contribution in [0.5, 0.6) is 5.75 Å². The average molecular weight is 573 g/mol. The number of nitrogens with two attached hydrogens (primary N) is 1. The van der Waals surface area contributed by atoms with Gasteiger partial charge < -0.3 is 20.3 Å². The summed E-state index contributed by atoms with van der Waals surface area (Å²) < 4.78 is 41.1. The highest BCUT2D eigenvalue weighted by Gasteiger charge is 2.49. The molecular formula is C31H44N2O6S. The number of sulfonamides is 1. The first-order chi connectivity index (χ1) is 19.1. The van der Waals surface area contributed by atoms with E-state index in [-0.39, 0.29) is 29.7 Å². The largest absolute Gasteiger partial charge is 0.497 e. The maximum absolute atomic E-state index is 14.4. The quantitative estimate of drug-likeness (QED) is 0.370. The van der Waals surface area contributed by atoms with Gasteiger partial charge in [0.05, 0.1) is 18.0 Å². The second-order valence-electron chi connectivity index (χ2n) is 11.7. The summed E-state index contributed by atoms with van der Waals surface area (Å²) in [4.78, 5) is 12.2. The molecule has 2 aromatic carbocycles. The fourth-order valence-corrected chi connectivity index (χ4v) is 8.80. The summed E-state index contributed by atoms with van der Waals surface area (Å²) in [6.45, 7) is 4.17. The van der Waals surface area contributed by atoms with E-state index >= 15 is 0 Å². The first kappa shape index (κ1) is 30.3. The van der Waals surface area contributed by atoms with Gasteiger partial charge in [-0.25, -0.2) is 13.2 Å². The van der Waals surface area contributed by atoms with Gasteiger partial charge in [0.1, 0.15) is 18.0 Å². The van der Waals surface area contributed by atoms with Gasteiger partial charge in [0.15, 0.2) is 0 Å². The molecule has 0 bridgehead atoms. The number of hydrogen-bond acceptors (Lipinski definition) is 6. The van der Waals surface area contributed by atoms with E-state index in [1.165, 1.54) is 11.4 Å². The van der Waals surface area contributed by atoms with Crippen molar-refractivity contribution in [1.82, 2.24) is 4.31 Å². The van der Waals surface area contributed by atoms with Gasteiger partial charge >= 0.3 is 6.09 Å². The third-order valence-electron chi connectivity index (χ3n) is 8.64. The van der Waals surface area contributed by atoms with Crippen LogP contribution in [0.3, 0.4) is 0 Å². The molecule has 2 aliphatic carbocycles. The van der Waals surface area contributed by atoms with Crippen LogP contribution in [0.25, 0.3) is 0 Å². The molecule has 40 heavy (non-hydrogen) atoms. The second kappa shape index (κ2) is 13.4. The molecule has 4 rings (SSSR count). The number of carbonyl (C=O) groups is 1. The van der Waals surface area contributed by atoms with Gasteiger partial charge in [-0.15, -0.1) is 0 Å². The van der Waals surface area contributed by atoms with Crippen molar-refractivity contribution in [3.63, 3.8) is 0 Å². The van der Waals surface area contributed by atoms with E-state index in [0.29, 0.717) is 17.6 Å². The SMILES string of the molecule is COc1ccc(S(=O)(=O)N(CC(C)C)C([C@H]2CCC[C@@H]3CCC[C@H]32)[C@H](O)[C@H](Cc2ccccc2)OC(N)=O)cc1. The Bertz CT molecular complexity index is 1200. The number of aliphatic hydroxyl groups is 1. The molecular weight excluding hydrogens is 528 g/mol. The first-order valence-corrected chi connectivity index (χ1v) is 15.9. The summed E-state index contributed by atoms with van der Waals surface area (Å²) in [5.74, 6) is 1.31. The van der Waals surface area contributed by atoms with E-state index in [0.717, 1.165) is 44.1 Å². The van der Waals surface area contributed by atoms with Crippen molar-refractivity contribution >= 4 is 16.1 Å². The number of nitrogens with zero attached hydrogens (tertiary/aromatic N) is 1. The van der Waals surface area contributed by atoms with E-state index in [1.807, 2.05) is 44.2 Å². The van der Waals surface area contributed by atoms with Gasteiger partial charge in [-0.05, 0) is 66.3 Å². The molecule has 0 spiro atoms. The van der Waals surface area contributed by atoms with Crippen molar-refractivity contribution in [1.29, 1.82) is 0 Å². The maximum atomic E-state index is 14.4. The molecule has 220 valence electrons. The van der Waals surface area contributed by atoms with Crippen LogP contribution in [0, 0.1) is 23.7 Å². The number of amides is 1. The molecule has 8 nitrogen and oxygen atoms in total. The Balaban J connectivity index is 1.81. The summed E-state index contributed by atoms with van der Waals surface area (Å²) in [6, 6.07) is 15.0. The molecule has 9 heteroatoms. The van der Waals surface area contributed by atoms with Crippen LogP contribution in [0.1, 0.15) is 57.9 Å². The van der Waals surface area contributed by atoms with E-state index in [1.54, 1.807) is 24.3 Å². The molecule has 0 aromatic heterocycles. The topological polar surface area (TPSA) is 119 Å². The fourth-order valence-electron chi connectivity index (χ4n) is 6.95. The summed E-state index contributed by atoms with van der Waals surface area (Å²) in [7, 11) is -2.50. The van der Waals surface area contributed by atoms with Crippen LogP contribution >= 0.6 is 0 Å². The van der Waals surface area contributed by atoms with E-state index in [9.17, 15) is 18.3 Å². The molecule has 2 fully saturated rings. The normalized spacial score (nSPS) is 23.4. The molecule has 6 atom stereocenters. The Morgan fingerprint density at radius 3 is 2.27 bits per heavy atom. The maximum Gasteiger partial charge on any atom is 0.404 e. The van der Waals surface area contributed by atoms with Crippen LogP contribution in [0.2, 0.25) is 0 Å². The lowest BCUT2D eigenvalue weighted by Crippen LogP contribution is -2.58. The fraction of sp³-hybridized carbons (Fsp3) is 0.581. The molecule has 2 saturated carbocycles. The molecule has 1 amide bonds. The zero-order chi connectivity index (χ0) is 28.9. The number of benzene rings is 2. The Labute approximate surface area is 238 Å². The minimum atomic E-state index is -4.03. The highest BCUT2D eigenvalue weighted by Crippen LogP contribution is 2.49. The van der Waals surface area contributed by atoms with E-state index in [2.05, 4.69) is 0 Å². The van der Waals surface area contributed by atoms with Crippen molar-refractivity contribution < 1.29 is 27.8 Å². The smallest absolute Gasteiger partial charge is 0.404 e. The van der Waals surface area contributed by atoms with Crippen molar-refractivity contribution in [2.75, 3.05) is 13.7 Å². The molecule has 0 heterocycles. The number of aliphatic hydroxyl groups excluding tert-OH is 1. The van der Waals surface area contributed by atoms with Gasteiger partial charge in [-0.1, -0.05) is 69.9 Å². The van der Waals surface area contributed by atoms with Crippen molar-refractivity contribution in [3.05, 3.63) is 60.2 Å². The number of fused-ring (bicyclic) bond motifs is 1. The summed E-state index contributed by atoms with van der Waals surface area (Å²) >= 11 is 0. The first-order valence-electron chi connectivity index (χ1n) is 14.5. The highest BCUT2D eigenvalue weighted by atomic mass is 32.2. The Hall–Kier alpha value is -2.62. The third kappa shape index (κ3) is 6.98. The summed E-state index contributed by atoms with van der Waals surface area (Å²) in [5.41, 5.74) is 6.36. The lowest BCUT2D eigenvalue weighted by Gasteiger charge is -2.46. The molecule has 1 unspecified atom stereocenters. The molecule has 2 aliphatic rings. The molecule has 3 N–H and O–H groups in total. The van der Waals surface area contributed by atoms with Crippen LogP contribution in [0.4, 0.5) is 4.79 Å². The Morgan fingerprint density at radius 1 is 1.02 bits per heavy atom. The molecule has 2 aromatic rings. The summed E-state index contributed by atoms with van der Waals surface area (Å²) in [5, 5.41) is 12.2. The van der Waals surface area contributed by atoms with Gasteiger partial charge in [0, 0.05) is 13.0 Å². The lowest BCUT2D eigenvalue weighted by molar-refractivity contribution is -0.0602. The minimum absolute atomic E-state index is 0.00433. The van der Waals surface area contributed by atoms with Crippen LogP contribution < -0.4 is 10.5 Å². The Kier molecular flexibility index (Phi) is 10.1. The van der Waals surface area contributed by atoms with Crippen molar-refractivity contribution in [2.45, 2.75) is 81.9 Å². The van der Waals surface area contributed by atoms with Gasteiger partial charge in [0.2, 0.25) is 10.0 Å². The van der Waals surface area contributed by atoms with E-state index < -0.39 is 34.4 Å². The number of hydrogen-bond donors (Lipinski definition) is 2. The van der Waals surface area contributed by atoms with Crippen molar-refractivity contribution in [2.24, 2.45) is 29.4 Å². The number of ether oxygens (including phenoxy) is 2. The molecule has 0 radical (unpaired) electrons. The number of rotatable bonds is 12. The monoisotopic (exact) mass is 572 g/mol. The lowest BCUT2D eigenvalue weighted by atomic mass is 9.69. The van der Waals surface area contributed by atoms with Gasteiger partial charge in [-0.2, -0.15) is 4.31 Å². The van der Waals surface area contributed by atoms with Gasteiger partial charge in [0.25, 0.3) is 0 Å². The third-order valence-corrected chi connectivity index (χ3v) is 10.5. The predicted molar refractivity (Wildman–Crippen MR) is 154 cm³/mol. The standard InChI is InChI=1S/C31H44N2O6S/c1-21(2)20-33(40(36,37)25-17-15-24(38-3)16-18-25)29(27-14-8-12-23-11-7-13-26(23)27)30(34)28(39-31(32)35)19-22-9-5-4-6-10-22/h4-6,9-10,15-18,21,23,26-30,34H,7-8,11-14,19-20H2,1-3H3,(H2,32,35)/t23-,26+,27-,28-,29?,30+/m0/s1.